The van der Waals surface area contributed by atoms with Crippen LogP contribution in [0.4, 0.5) is 4.79 Å². The molecule has 0 saturated carbocycles. The molecule has 0 radical (unpaired) electrons. The first-order chi connectivity index (χ1) is 18.8. The van der Waals surface area contributed by atoms with Gasteiger partial charge in [-0.2, -0.15) is 0 Å². The lowest BCUT2D eigenvalue weighted by Crippen LogP contribution is -2.54. The number of nitrogens with zero attached hydrogens (tertiary/aromatic N) is 1. The van der Waals surface area contributed by atoms with Crippen molar-refractivity contribution < 1.29 is 29.0 Å². The van der Waals surface area contributed by atoms with Crippen LogP contribution in [-0.2, 0) is 19.1 Å². The third-order valence-corrected chi connectivity index (χ3v) is 6.36. The molecule has 5 N–H and O–H groups in total. The zero-order valence-electron chi connectivity index (χ0n) is 25.1. The largest absolute Gasteiger partial charge is 0.508 e. The Morgan fingerprint density at radius 3 is 2.20 bits per heavy atom. The van der Waals surface area contributed by atoms with Crippen molar-refractivity contribution in [2.75, 3.05) is 6.54 Å². The molecule has 0 bridgehead atoms. The number of aromatic hydroxyl groups is 1. The smallest absolute Gasteiger partial charge is 0.408 e. The van der Waals surface area contributed by atoms with Gasteiger partial charge in [-0.3, -0.25) is 14.4 Å². The molecule has 3 unspecified atom stereocenters. The summed E-state index contributed by atoms with van der Waals surface area (Å²) in [7, 11) is 0. The third-order valence-electron chi connectivity index (χ3n) is 6.36. The van der Waals surface area contributed by atoms with Gasteiger partial charge < -0.3 is 31.1 Å². The highest BCUT2D eigenvalue weighted by atomic mass is 16.6. The van der Waals surface area contributed by atoms with Crippen LogP contribution in [-0.4, -0.2) is 58.1 Å². The number of rotatable bonds is 17. The molecule has 1 aromatic carbocycles. The van der Waals surface area contributed by atoms with Crippen molar-refractivity contribution in [1.82, 2.24) is 15.5 Å². The molecular formula is C30H50N4O6. The number of carbonyl (C=O) groups excluding carboxylic acids is 4. The lowest BCUT2D eigenvalue weighted by Gasteiger charge is -2.35. The summed E-state index contributed by atoms with van der Waals surface area (Å²) < 4.78 is 5.37. The number of carbonyl (C=O) groups is 4. The molecule has 226 valence electrons. The molecule has 0 aliphatic rings. The predicted molar refractivity (Wildman–Crippen MR) is 155 cm³/mol. The van der Waals surface area contributed by atoms with Gasteiger partial charge in [0, 0.05) is 24.6 Å². The molecule has 1 rings (SSSR count). The van der Waals surface area contributed by atoms with Crippen molar-refractivity contribution in [3.05, 3.63) is 29.8 Å². The number of primary amides is 1. The quantitative estimate of drug-likeness (QED) is 0.202. The number of benzene rings is 1. The van der Waals surface area contributed by atoms with Crippen LogP contribution in [0.15, 0.2) is 24.3 Å². The third kappa shape index (κ3) is 12.7. The van der Waals surface area contributed by atoms with Crippen LogP contribution < -0.4 is 16.4 Å². The van der Waals surface area contributed by atoms with E-state index < -0.39 is 41.5 Å². The number of hydrogen-bond donors (Lipinski definition) is 4. The molecular weight excluding hydrogens is 512 g/mol. The number of alkyl carbamates (subject to hydrolysis) is 1. The Bertz CT molecular complexity index is 962. The van der Waals surface area contributed by atoms with Crippen LogP contribution in [0.25, 0.3) is 0 Å². The van der Waals surface area contributed by atoms with E-state index in [9.17, 15) is 24.3 Å². The molecule has 0 saturated heterocycles. The molecule has 0 aliphatic carbocycles. The Hall–Kier alpha value is -3.30. The van der Waals surface area contributed by atoms with E-state index in [-0.39, 0.29) is 36.7 Å². The van der Waals surface area contributed by atoms with Crippen LogP contribution in [0.5, 0.6) is 5.75 Å². The Morgan fingerprint density at radius 2 is 1.62 bits per heavy atom. The first-order valence-corrected chi connectivity index (χ1v) is 14.5. The summed E-state index contributed by atoms with van der Waals surface area (Å²) in [6, 6.07) is 3.93. The normalized spacial score (nSPS) is 13.6. The minimum atomic E-state index is -1.17. The minimum absolute atomic E-state index is 0.0684. The standard InChI is InChI=1S/C30H50N4O6/c1-7-9-10-11-14-20-34(28(38)23(18-19-25(31)36)33-29(39)40-30(4,5)6)26(22-16-12-13-17-24(22)35)27(37)32-21(3)15-8-2/h12-13,16-17,21,23,26,35H,7-11,14-15,18-20H2,1-6H3,(H2,31,36)(H,32,37)(H,33,39). The topological polar surface area (TPSA) is 151 Å². The molecule has 10 heteroatoms. The minimum Gasteiger partial charge on any atom is -0.508 e. The summed E-state index contributed by atoms with van der Waals surface area (Å²) in [4.78, 5) is 53.6. The Balaban J connectivity index is 3.52. The van der Waals surface area contributed by atoms with E-state index in [2.05, 4.69) is 17.6 Å². The summed E-state index contributed by atoms with van der Waals surface area (Å²) in [5.41, 5.74) is 4.84. The fraction of sp³-hybridized carbons (Fsp3) is 0.667. The highest BCUT2D eigenvalue weighted by Gasteiger charge is 2.37. The van der Waals surface area contributed by atoms with Gasteiger partial charge in [0.15, 0.2) is 0 Å². The average Bonchev–Trinajstić information content (AvgIpc) is 2.85. The number of amides is 4. The van der Waals surface area contributed by atoms with Gasteiger partial charge in [0.05, 0.1) is 0 Å². The van der Waals surface area contributed by atoms with Gasteiger partial charge in [0.25, 0.3) is 0 Å². The number of unbranched alkanes of at least 4 members (excludes halogenated alkanes) is 4. The Morgan fingerprint density at radius 1 is 0.975 bits per heavy atom. The number of para-hydroxylation sites is 1. The zero-order valence-corrected chi connectivity index (χ0v) is 25.1. The van der Waals surface area contributed by atoms with E-state index in [1.54, 1.807) is 39.0 Å². The number of ether oxygens (including phenoxy) is 1. The zero-order chi connectivity index (χ0) is 30.3. The van der Waals surface area contributed by atoms with E-state index >= 15 is 0 Å². The van der Waals surface area contributed by atoms with Gasteiger partial charge in [0.2, 0.25) is 17.7 Å². The van der Waals surface area contributed by atoms with E-state index in [0.29, 0.717) is 6.42 Å². The SMILES string of the molecule is CCCCCCCN(C(=O)C(CCC(N)=O)NC(=O)OC(C)(C)C)C(C(=O)NC(C)CCC)c1ccccc1O. The molecule has 0 aromatic heterocycles. The maximum absolute atomic E-state index is 14.2. The molecule has 0 aliphatic heterocycles. The molecule has 0 fully saturated rings. The van der Waals surface area contributed by atoms with E-state index in [1.165, 1.54) is 11.0 Å². The summed E-state index contributed by atoms with van der Waals surface area (Å²) in [5, 5.41) is 16.3. The summed E-state index contributed by atoms with van der Waals surface area (Å²) in [5.74, 6) is -1.74. The van der Waals surface area contributed by atoms with Crippen molar-refractivity contribution in [2.45, 2.75) is 123 Å². The number of nitrogens with one attached hydrogen (secondary N) is 2. The van der Waals surface area contributed by atoms with Crippen molar-refractivity contribution in [1.29, 1.82) is 0 Å². The van der Waals surface area contributed by atoms with Crippen molar-refractivity contribution in [2.24, 2.45) is 5.73 Å². The van der Waals surface area contributed by atoms with Crippen LogP contribution >= 0.6 is 0 Å². The highest BCUT2D eigenvalue weighted by Crippen LogP contribution is 2.30. The van der Waals surface area contributed by atoms with Crippen LogP contribution in [0.3, 0.4) is 0 Å². The second-order valence-corrected chi connectivity index (χ2v) is 11.3. The molecule has 0 heterocycles. The summed E-state index contributed by atoms with van der Waals surface area (Å²) >= 11 is 0. The first kappa shape index (κ1) is 34.7. The van der Waals surface area contributed by atoms with Crippen LogP contribution in [0, 0.1) is 0 Å². The Labute approximate surface area is 239 Å². The van der Waals surface area contributed by atoms with Gasteiger partial charge in [-0.1, -0.05) is 64.2 Å². The second kappa shape index (κ2) is 17.4. The number of nitrogens with two attached hydrogens (primary N) is 1. The number of hydrogen-bond acceptors (Lipinski definition) is 6. The van der Waals surface area contributed by atoms with Gasteiger partial charge in [0.1, 0.15) is 23.4 Å². The van der Waals surface area contributed by atoms with Crippen molar-refractivity contribution in [3.63, 3.8) is 0 Å². The van der Waals surface area contributed by atoms with Crippen molar-refractivity contribution >= 4 is 23.8 Å². The van der Waals surface area contributed by atoms with Crippen molar-refractivity contribution in [3.8, 4) is 5.75 Å². The summed E-state index contributed by atoms with van der Waals surface area (Å²) in [6.07, 6.45) is 5.08. The molecule has 0 spiro atoms. The fourth-order valence-corrected chi connectivity index (χ4v) is 4.44. The second-order valence-electron chi connectivity index (χ2n) is 11.3. The number of phenols is 1. The molecule has 10 nitrogen and oxygen atoms in total. The van der Waals surface area contributed by atoms with Gasteiger partial charge in [-0.05, 0) is 53.0 Å². The lowest BCUT2D eigenvalue weighted by atomic mass is 9.99. The van der Waals surface area contributed by atoms with E-state index in [4.69, 9.17) is 10.5 Å². The first-order valence-electron chi connectivity index (χ1n) is 14.5. The van der Waals surface area contributed by atoms with E-state index in [1.807, 2.05) is 13.8 Å². The maximum atomic E-state index is 14.2. The number of phenolic OH excluding ortho intramolecular Hbond substituents is 1. The van der Waals surface area contributed by atoms with Crippen LogP contribution in [0.1, 0.15) is 111 Å². The summed E-state index contributed by atoms with van der Waals surface area (Å²) in [6.45, 7) is 11.3. The Kier molecular flexibility index (Phi) is 15.1. The maximum Gasteiger partial charge on any atom is 0.408 e. The fourth-order valence-electron chi connectivity index (χ4n) is 4.44. The molecule has 3 atom stereocenters. The average molecular weight is 563 g/mol. The van der Waals surface area contributed by atoms with Gasteiger partial charge in [-0.15, -0.1) is 0 Å². The molecule has 40 heavy (non-hydrogen) atoms. The van der Waals surface area contributed by atoms with Crippen LogP contribution in [0.2, 0.25) is 0 Å². The highest BCUT2D eigenvalue weighted by molar-refractivity contribution is 5.93. The van der Waals surface area contributed by atoms with Gasteiger partial charge >= 0.3 is 6.09 Å². The molecule has 1 aromatic rings. The predicted octanol–water partition coefficient (Wildman–Crippen LogP) is 4.70. The van der Waals surface area contributed by atoms with E-state index in [0.717, 1.165) is 38.5 Å². The van der Waals surface area contributed by atoms with Gasteiger partial charge in [-0.25, -0.2) is 4.79 Å². The molecule has 4 amide bonds. The monoisotopic (exact) mass is 562 g/mol. The lowest BCUT2D eigenvalue weighted by molar-refractivity contribution is -0.143.